The highest BCUT2D eigenvalue weighted by atomic mass is 35.5. The van der Waals surface area contributed by atoms with Gasteiger partial charge in [-0.05, 0) is 61.0 Å². The first kappa shape index (κ1) is 24.3. The van der Waals surface area contributed by atoms with Gasteiger partial charge in [-0.2, -0.15) is 0 Å². The first-order valence-corrected chi connectivity index (χ1v) is 11.6. The zero-order valence-corrected chi connectivity index (χ0v) is 19.8. The van der Waals surface area contributed by atoms with Crippen LogP contribution < -0.4 is 25.2 Å². The topological polar surface area (TPSA) is 79.9 Å². The van der Waals surface area contributed by atoms with E-state index >= 15 is 0 Å². The lowest BCUT2D eigenvalue weighted by Crippen LogP contribution is -2.36. The van der Waals surface area contributed by atoms with Gasteiger partial charge < -0.3 is 14.4 Å². The van der Waals surface area contributed by atoms with Gasteiger partial charge in [0, 0.05) is 29.7 Å². The Bertz CT molecular complexity index is 1190. The maximum Gasteiger partial charge on any atom is 0.243 e. The molecule has 9 heteroatoms. The van der Waals surface area contributed by atoms with E-state index < -0.39 is 5.92 Å². The number of benzene rings is 3. The number of nitrogens with zero attached hydrogens (tertiary/aromatic N) is 1. The Morgan fingerprint density at radius 2 is 1.80 bits per heavy atom. The molecule has 0 aliphatic carbocycles. The van der Waals surface area contributed by atoms with E-state index in [0.29, 0.717) is 41.1 Å². The van der Waals surface area contributed by atoms with Crippen LogP contribution in [0, 0.1) is 11.7 Å². The fraction of sp³-hybridized carbons (Fsp3) is 0.231. The van der Waals surface area contributed by atoms with Crippen LogP contribution >= 0.6 is 11.6 Å². The van der Waals surface area contributed by atoms with Gasteiger partial charge in [0.05, 0.1) is 18.2 Å². The molecule has 3 aromatic rings. The van der Waals surface area contributed by atoms with Crippen molar-refractivity contribution in [1.82, 2.24) is 5.43 Å². The summed E-state index contributed by atoms with van der Waals surface area (Å²) in [5.41, 5.74) is 7.66. The van der Waals surface area contributed by atoms with Crippen LogP contribution in [0.25, 0.3) is 0 Å². The molecule has 0 unspecified atom stereocenters. The van der Waals surface area contributed by atoms with Gasteiger partial charge in [0.25, 0.3) is 0 Å². The molecule has 0 bridgehead atoms. The Labute approximate surface area is 207 Å². The van der Waals surface area contributed by atoms with Crippen molar-refractivity contribution in [3.63, 3.8) is 0 Å². The minimum Gasteiger partial charge on any atom is -0.490 e. The van der Waals surface area contributed by atoms with Crippen molar-refractivity contribution < 1.29 is 23.5 Å². The predicted octanol–water partition coefficient (Wildman–Crippen LogP) is 4.95. The molecule has 2 N–H and O–H groups in total. The summed E-state index contributed by atoms with van der Waals surface area (Å²) in [5.74, 6) is -0.323. The molecule has 4 rings (SSSR count). The molecule has 35 heavy (non-hydrogen) atoms. The molecular formula is C26H25ClFN3O4. The van der Waals surface area contributed by atoms with E-state index in [0.717, 1.165) is 5.56 Å². The van der Waals surface area contributed by atoms with Crippen LogP contribution in [-0.2, 0) is 16.2 Å². The standard InChI is InChI=1S/C26H25ClFN3O4/c1-2-34-24-14-21(9-12-23(24)35-16-17-3-5-19(27)6-4-17)29-30-26(33)18-13-25(32)31(15-18)22-10-7-20(28)8-11-22/h3-12,14,18,29H,2,13,15-16H2,1H3,(H,30,33)/t18-/m1/s1. The van der Waals surface area contributed by atoms with Crippen molar-refractivity contribution in [1.29, 1.82) is 0 Å². The molecule has 1 heterocycles. The minimum atomic E-state index is -0.534. The molecule has 1 aliphatic rings. The second-order valence-electron chi connectivity index (χ2n) is 8.01. The fourth-order valence-electron chi connectivity index (χ4n) is 3.70. The molecule has 182 valence electrons. The monoisotopic (exact) mass is 497 g/mol. The minimum absolute atomic E-state index is 0.0760. The molecule has 0 spiro atoms. The highest BCUT2D eigenvalue weighted by Crippen LogP contribution is 2.31. The third-order valence-electron chi connectivity index (χ3n) is 5.52. The number of hydrazine groups is 1. The Balaban J connectivity index is 1.35. The molecule has 2 amide bonds. The maximum atomic E-state index is 13.2. The van der Waals surface area contributed by atoms with Crippen molar-refractivity contribution in [3.05, 3.63) is 83.1 Å². The number of nitrogens with one attached hydrogen (secondary N) is 2. The van der Waals surface area contributed by atoms with Gasteiger partial charge in [-0.25, -0.2) is 4.39 Å². The van der Waals surface area contributed by atoms with Crippen LogP contribution in [0.2, 0.25) is 5.02 Å². The highest BCUT2D eigenvalue weighted by Gasteiger charge is 2.35. The first-order chi connectivity index (χ1) is 16.9. The Hall–Kier alpha value is -3.78. The quantitative estimate of drug-likeness (QED) is 0.409. The Kier molecular flexibility index (Phi) is 7.72. The zero-order valence-electron chi connectivity index (χ0n) is 19.1. The Morgan fingerprint density at radius 1 is 1.06 bits per heavy atom. The van der Waals surface area contributed by atoms with E-state index in [-0.39, 0.29) is 30.6 Å². The van der Waals surface area contributed by atoms with Gasteiger partial charge in [0.2, 0.25) is 11.8 Å². The summed E-state index contributed by atoms with van der Waals surface area (Å²) in [4.78, 5) is 26.5. The molecular weight excluding hydrogens is 473 g/mol. The predicted molar refractivity (Wildman–Crippen MR) is 132 cm³/mol. The normalized spacial score (nSPS) is 15.1. The van der Waals surface area contributed by atoms with E-state index in [1.54, 1.807) is 30.3 Å². The molecule has 1 saturated heterocycles. The lowest BCUT2D eigenvalue weighted by molar-refractivity contribution is -0.125. The number of carbonyl (C=O) groups is 2. The number of anilines is 2. The van der Waals surface area contributed by atoms with Crippen molar-refractivity contribution in [2.24, 2.45) is 5.92 Å². The van der Waals surface area contributed by atoms with Gasteiger partial charge in [-0.3, -0.25) is 20.4 Å². The fourth-order valence-corrected chi connectivity index (χ4v) is 3.83. The molecule has 1 fully saturated rings. The van der Waals surface area contributed by atoms with Crippen molar-refractivity contribution in [3.8, 4) is 11.5 Å². The Morgan fingerprint density at radius 3 is 2.51 bits per heavy atom. The second-order valence-corrected chi connectivity index (χ2v) is 8.44. The molecule has 0 radical (unpaired) electrons. The summed E-state index contributed by atoms with van der Waals surface area (Å²) >= 11 is 5.92. The van der Waals surface area contributed by atoms with E-state index in [9.17, 15) is 14.0 Å². The number of halogens is 2. The van der Waals surface area contributed by atoms with Gasteiger partial charge >= 0.3 is 0 Å². The summed E-state index contributed by atoms with van der Waals surface area (Å²) in [6, 6.07) is 18.2. The summed E-state index contributed by atoms with van der Waals surface area (Å²) in [5, 5.41) is 0.659. The number of ether oxygens (including phenoxy) is 2. The summed E-state index contributed by atoms with van der Waals surface area (Å²) in [7, 11) is 0. The molecule has 1 aliphatic heterocycles. The van der Waals surface area contributed by atoms with Crippen molar-refractivity contribution in [2.75, 3.05) is 23.5 Å². The third kappa shape index (κ3) is 6.22. The molecule has 0 aromatic heterocycles. The van der Waals surface area contributed by atoms with Crippen LogP contribution in [0.3, 0.4) is 0 Å². The third-order valence-corrected chi connectivity index (χ3v) is 5.77. The van der Waals surface area contributed by atoms with Crippen LogP contribution in [0.5, 0.6) is 11.5 Å². The molecule has 7 nitrogen and oxygen atoms in total. The first-order valence-electron chi connectivity index (χ1n) is 11.2. The van der Waals surface area contributed by atoms with Crippen LogP contribution in [0.4, 0.5) is 15.8 Å². The number of rotatable bonds is 9. The van der Waals surface area contributed by atoms with Crippen molar-refractivity contribution in [2.45, 2.75) is 20.0 Å². The average Bonchev–Trinajstić information content (AvgIpc) is 3.25. The van der Waals surface area contributed by atoms with Crippen LogP contribution in [0.15, 0.2) is 66.7 Å². The van der Waals surface area contributed by atoms with E-state index in [4.69, 9.17) is 21.1 Å². The smallest absolute Gasteiger partial charge is 0.243 e. The van der Waals surface area contributed by atoms with Crippen LogP contribution in [-0.4, -0.2) is 25.0 Å². The highest BCUT2D eigenvalue weighted by molar-refractivity contribution is 6.30. The zero-order chi connectivity index (χ0) is 24.8. The molecule has 0 saturated carbocycles. The number of amides is 2. The lowest BCUT2D eigenvalue weighted by Gasteiger charge is -2.17. The van der Waals surface area contributed by atoms with Gasteiger partial charge in [-0.15, -0.1) is 0 Å². The number of hydrogen-bond donors (Lipinski definition) is 2. The van der Waals surface area contributed by atoms with E-state index in [2.05, 4.69) is 10.9 Å². The number of carbonyl (C=O) groups excluding carboxylic acids is 2. The largest absolute Gasteiger partial charge is 0.490 e. The summed E-state index contributed by atoms with van der Waals surface area (Å²) in [6.45, 7) is 2.88. The summed E-state index contributed by atoms with van der Waals surface area (Å²) < 4.78 is 24.8. The van der Waals surface area contributed by atoms with Gasteiger partial charge in [0.15, 0.2) is 11.5 Å². The van der Waals surface area contributed by atoms with E-state index in [1.165, 1.54) is 29.2 Å². The van der Waals surface area contributed by atoms with Crippen LogP contribution in [0.1, 0.15) is 18.9 Å². The SMILES string of the molecule is CCOc1cc(NNC(=O)[C@@H]2CC(=O)N(c3ccc(F)cc3)C2)ccc1OCc1ccc(Cl)cc1. The lowest BCUT2D eigenvalue weighted by atomic mass is 10.1. The molecule has 1 atom stereocenters. The average molecular weight is 498 g/mol. The second kappa shape index (κ2) is 11.1. The maximum absolute atomic E-state index is 13.2. The van der Waals surface area contributed by atoms with E-state index in [1.807, 2.05) is 19.1 Å². The summed E-state index contributed by atoms with van der Waals surface area (Å²) in [6.07, 6.45) is 0.0760. The van der Waals surface area contributed by atoms with Gasteiger partial charge in [0.1, 0.15) is 12.4 Å². The molecule has 3 aromatic carbocycles. The number of hydrogen-bond acceptors (Lipinski definition) is 5. The van der Waals surface area contributed by atoms with Gasteiger partial charge in [-0.1, -0.05) is 23.7 Å². The van der Waals surface area contributed by atoms with Crippen molar-refractivity contribution >= 4 is 34.8 Å².